The molecule has 4 nitrogen and oxygen atoms in total. The number of hydrogen-bond acceptors (Lipinski definition) is 4. The van der Waals surface area contributed by atoms with Crippen molar-refractivity contribution in [2.75, 3.05) is 33.3 Å². The molecule has 2 rings (SSSR count). The number of alkyl halides is 2. The Kier molecular flexibility index (Phi) is 5.70. The highest BCUT2D eigenvalue weighted by atomic mass is 19.3. The van der Waals surface area contributed by atoms with Gasteiger partial charge >= 0.3 is 6.61 Å². The van der Waals surface area contributed by atoms with Crippen molar-refractivity contribution in [2.45, 2.75) is 19.3 Å². The van der Waals surface area contributed by atoms with Crippen LogP contribution in [0.3, 0.4) is 0 Å². The number of benzene rings is 1. The Morgan fingerprint density at radius 1 is 1.40 bits per heavy atom. The molecule has 112 valence electrons. The van der Waals surface area contributed by atoms with Gasteiger partial charge in [-0.2, -0.15) is 8.78 Å². The molecule has 6 heteroatoms. The molecular formula is C14H20F2N2O2. The number of hydrogen-bond donors (Lipinski definition) is 1. The van der Waals surface area contributed by atoms with Crippen LogP contribution < -0.4 is 10.1 Å². The van der Waals surface area contributed by atoms with Crippen molar-refractivity contribution in [3.8, 4) is 5.75 Å². The normalized spacial score (nSPS) is 20.3. The fourth-order valence-corrected chi connectivity index (χ4v) is 2.31. The first kappa shape index (κ1) is 15.2. The third kappa shape index (κ3) is 4.70. The number of morpholine rings is 1. The predicted molar refractivity (Wildman–Crippen MR) is 72.0 cm³/mol. The summed E-state index contributed by atoms with van der Waals surface area (Å²) in [6.45, 7) is 1.32. The minimum Gasteiger partial charge on any atom is -0.435 e. The second kappa shape index (κ2) is 7.52. The highest BCUT2D eigenvalue weighted by Gasteiger charge is 2.19. The summed E-state index contributed by atoms with van der Waals surface area (Å²) < 4.78 is 34.1. The van der Waals surface area contributed by atoms with Crippen LogP contribution in [-0.4, -0.2) is 50.9 Å². The third-order valence-corrected chi connectivity index (χ3v) is 3.21. The summed E-state index contributed by atoms with van der Waals surface area (Å²) in [4.78, 5) is 2.30. The molecule has 1 unspecified atom stereocenters. The highest BCUT2D eigenvalue weighted by Crippen LogP contribution is 2.17. The van der Waals surface area contributed by atoms with Crippen molar-refractivity contribution >= 4 is 0 Å². The molecule has 0 radical (unpaired) electrons. The number of halogens is 2. The number of nitrogens with one attached hydrogen (secondary N) is 1. The first-order chi connectivity index (χ1) is 9.67. The van der Waals surface area contributed by atoms with E-state index in [2.05, 4.69) is 15.0 Å². The minimum absolute atomic E-state index is 0.193. The number of likely N-dealkylation sites (N-methyl/N-ethyl adjacent to an activating group) is 1. The molecule has 0 aliphatic carbocycles. The second-order valence-corrected chi connectivity index (χ2v) is 4.81. The molecule has 0 spiro atoms. The van der Waals surface area contributed by atoms with Crippen molar-refractivity contribution in [1.82, 2.24) is 10.2 Å². The monoisotopic (exact) mass is 286 g/mol. The van der Waals surface area contributed by atoms with Crippen molar-refractivity contribution < 1.29 is 18.3 Å². The van der Waals surface area contributed by atoms with Crippen molar-refractivity contribution in [3.05, 3.63) is 29.8 Å². The van der Waals surface area contributed by atoms with E-state index in [0.29, 0.717) is 0 Å². The summed E-state index contributed by atoms with van der Waals surface area (Å²) in [7, 11) is 1.91. The lowest BCUT2D eigenvalue weighted by molar-refractivity contribution is -0.0499. The smallest absolute Gasteiger partial charge is 0.387 e. The van der Waals surface area contributed by atoms with Gasteiger partial charge in [-0.15, -0.1) is 0 Å². The minimum atomic E-state index is -2.78. The van der Waals surface area contributed by atoms with Crippen LogP contribution >= 0.6 is 0 Å². The van der Waals surface area contributed by atoms with Crippen LogP contribution in [0.4, 0.5) is 8.78 Å². The molecule has 0 aromatic heterocycles. The van der Waals surface area contributed by atoms with Crippen LogP contribution in [0.25, 0.3) is 0 Å². The van der Waals surface area contributed by atoms with Gasteiger partial charge in [0, 0.05) is 26.2 Å². The summed E-state index contributed by atoms with van der Waals surface area (Å²) >= 11 is 0. The largest absolute Gasteiger partial charge is 0.435 e. The molecule has 0 amide bonds. The first-order valence-electron chi connectivity index (χ1n) is 6.69. The lowest BCUT2D eigenvalue weighted by Crippen LogP contribution is -2.45. The topological polar surface area (TPSA) is 33.7 Å². The Hall–Kier alpha value is -1.24. The average Bonchev–Trinajstić information content (AvgIpc) is 2.41. The molecule has 1 atom stereocenters. The van der Waals surface area contributed by atoms with Gasteiger partial charge in [0.15, 0.2) is 0 Å². The number of nitrogens with zero attached hydrogens (tertiary/aromatic N) is 1. The van der Waals surface area contributed by atoms with Gasteiger partial charge < -0.3 is 14.8 Å². The van der Waals surface area contributed by atoms with Crippen molar-refractivity contribution in [1.29, 1.82) is 0 Å². The van der Waals surface area contributed by atoms with E-state index >= 15 is 0 Å². The Balaban J connectivity index is 1.86. The van der Waals surface area contributed by atoms with Gasteiger partial charge in [-0.05, 0) is 24.7 Å². The summed E-state index contributed by atoms with van der Waals surface area (Å²) in [6, 6.07) is 6.79. The summed E-state index contributed by atoms with van der Waals surface area (Å²) in [5.74, 6) is 0.193. The van der Waals surface area contributed by atoms with Gasteiger partial charge in [-0.25, -0.2) is 0 Å². The van der Waals surface area contributed by atoms with Crippen LogP contribution in [0.1, 0.15) is 5.56 Å². The van der Waals surface area contributed by atoms with Gasteiger partial charge in [0.05, 0.1) is 12.7 Å². The van der Waals surface area contributed by atoms with E-state index in [1.54, 1.807) is 12.1 Å². The van der Waals surface area contributed by atoms with Gasteiger partial charge in [0.2, 0.25) is 0 Å². The fraction of sp³-hybridized carbons (Fsp3) is 0.571. The molecule has 1 aliphatic rings. The van der Waals surface area contributed by atoms with E-state index in [4.69, 9.17) is 4.74 Å². The zero-order chi connectivity index (χ0) is 14.4. The second-order valence-electron chi connectivity index (χ2n) is 4.81. The zero-order valence-corrected chi connectivity index (χ0v) is 11.5. The molecule has 0 saturated carbocycles. The van der Waals surface area contributed by atoms with Crippen LogP contribution in [0.5, 0.6) is 5.75 Å². The number of ether oxygens (including phenoxy) is 2. The molecule has 20 heavy (non-hydrogen) atoms. The zero-order valence-electron chi connectivity index (χ0n) is 11.5. The maximum Gasteiger partial charge on any atom is 0.387 e. The van der Waals surface area contributed by atoms with Crippen LogP contribution in [0.15, 0.2) is 24.3 Å². The van der Waals surface area contributed by atoms with Crippen LogP contribution in [-0.2, 0) is 11.3 Å². The quantitative estimate of drug-likeness (QED) is 0.863. The van der Waals surface area contributed by atoms with Crippen molar-refractivity contribution in [3.63, 3.8) is 0 Å². The molecule has 0 bridgehead atoms. The Labute approximate surface area is 117 Å². The van der Waals surface area contributed by atoms with Crippen LogP contribution in [0.2, 0.25) is 0 Å². The van der Waals surface area contributed by atoms with Crippen molar-refractivity contribution in [2.24, 2.45) is 0 Å². The van der Waals surface area contributed by atoms with E-state index < -0.39 is 6.61 Å². The molecule has 1 aromatic rings. The summed E-state index contributed by atoms with van der Waals surface area (Å²) in [5.41, 5.74) is 1.08. The van der Waals surface area contributed by atoms with Gasteiger partial charge in [0.25, 0.3) is 0 Å². The van der Waals surface area contributed by atoms with E-state index in [0.717, 1.165) is 38.3 Å². The summed E-state index contributed by atoms with van der Waals surface area (Å²) in [6.07, 6.45) is 0.204. The standard InChI is InChI=1S/C14H20F2N2O2/c1-17-8-13-10-18(6-7-19-13)9-11-2-4-12(5-3-11)20-14(15)16/h2-5,13-14,17H,6-10H2,1H3. The Morgan fingerprint density at radius 3 is 2.80 bits per heavy atom. The Morgan fingerprint density at radius 2 is 2.15 bits per heavy atom. The van der Waals surface area contributed by atoms with E-state index in [9.17, 15) is 8.78 Å². The third-order valence-electron chi connectivity index (χ3n) is 3.21. The highest BCUT2D eigenvalue weighted by molar-refractivity contribution is 5.27. The fourth-order valence-electron chi connectivity index (χ4n) is 2.31. The Bertz CT molecular complexity index is 399. The molecule has 1 aliphatic heterocycles. The predicted octanol–water partition coefficient (Wildman–Crippen LogP) is 1.71. The van der Waals surface area contributed by atoms with Crippen LogP contribution in [0, 0.1) is 0 Å². The molecular weight excluding hydrogens is 266 g/mol. The maximum absolute atomic E-state index is 12.1. The molecule has 1 fully saturated rings. The van der Waals surface area contributed by atoms with E-state index in [1.807, 2.05) is 19.2 Å². The van der Waals surface area contributed by atoms with Gasteiger partial charge in [-0.1, -0.05) is 12.1 Å². The molecule has 1 saturated heterocycles. The molecule has 1 N–H and O–H groups in total. The maximum atomic E-state index is 12.1. The van der Waals surface area contributed by atoms with E-state index in [1.165, 1.54) is 0 Å². The molecule has 1 heterocycles. The van der Waals surface area contributed by atoms with Gasteiger partial charge in [0.1, 0.15) is 5.75 Å². The lowest BCUT2D eigenvalue weighted by Gasteiger charge is -2.32. The first-order valence-corrected chi connectivity index (χ1v) is 6.69. The van der Waals surface area contributed by atoms with E-state index in [-0.39, 0.29) is 11.9 Å². The lowest BCUT2D eigenvalue weighted by atomic mass is 10.2. The molecule has 1 aromatic carbocycles. The average molecular weight is 286 g/mol. The summed E-state index contributed by atoms with van der Waals surface area (Å²) in [5, 5.41) is 3.11. The van der Waals surface area contributed by atoms with Gasteiger partial charge in [-0.3, -0.25) is 4.90 Å². The SMILES string of the molecule is CNCC1CN(Cc2ccc(OC(F)F)cc2)CCO1. The number of rotatable bonds is 6.